The normalized spacial score (nSPS) is 15.1. The van der Waals surface area contributed by atoms with Gasteiger partial charge in [0.1, 0.15) is 11.6 Å². The Morgan fingerprint density at radius 2 is 2.00 bits per heavy atom. The number of nitrogens with zero attached hydrogens (tertiary/aromatic N) is 2. The molecule has 1 atom stereocenters. The van der Waals surface area contributed by atoms with Gasteiger partial charge >= 0.3 is 0 Å². The van der Waals surface area contributed by atoms with Crippen LogP contribution < -0.4 is 15.6 Å². The molecule has 0 unspecified atom stereocenters. The van der Waals surface area contributed by atoms with E-state index < -0.39 is 5.92 Å². The predicted octanol–water partition coefficient (Wildman–Crippen LogP) is 5.03. The topological polar surface area (TPSA) is 73.2 Å². The van der Waals surface area contributed by atoms with Crippen molar-refractivity contribution in [2.24, 2.45) is 7.05 Å². The van der Waals surface area contributed by atoms with Crippen LogP contribution in [0.1, 0.15) is 54.4 Å². The molecule has 0 spiro atoms. The molecule has 6 nitrogen and oxygen atoms in total. The third-order valence-corrected chi connectivity index (χ3v) is 6.90. The average molecular weight is 464 g/mol. The third-order valence-electron chi connectivity index (χ3n) is 5.80. The third kappa shape index (κ3) is 5.14. The highest BCUT2D eigenvalue weighted by Crippen LogP contribution is 2.39. The highest BCUT2D eigenvalue weighted by molar-refractivity contribution is 7.98. The number of thioether (sulfide) groups is 1. The van der Waals surface area contributed by atoms with Gasteiger partial charge in [-0.05, 0) is 25.0 Å². The first-order valence-electron chi connectivity index (χ1n) is 11.3. The molecule has 172 valence electrons. The van der Waals surface area contributed by atoms with Crippen molar-refractivity contribution in [1.82, 2.24) is 9.55 Å². The van der Waals surface area contributed by atoms with Crippen LogP contribution in [0, 0.1) is 6.92 Å². The first kappa shape index (κ1) is 23.1. The fourth-order valence-electron chi connectivity index (χ4n) is 4.11. The monoisotopic (exact) mass is 463 g/mol. The van der Waals surface area contributed by atoms with Gasteiger partial charge in [0.2, 0.25) is 5.91 Å². The summed E-state index contributed by atoms with van der Waals surface area (Å²) in [6.07, 6.45) is 2.17. The number of para-hydroxylation sites is 1. The molecule has 33 heavy (non-hydrogen) atoms. The number of carbonyl (C=O) groups excluding carboxylic acids is 1. The van der Waals surface area contributed by atoms with E-state index >= 15 is 0 Å². The van der Waals surface area contributed by atoms with Crippen LogP contribution in [0.4, 0.5) is 5.82 Å². The van der Waals surface area contributed by atoms with Gasteiger partial charge in [0.05, 0.1) is 12.2 Å². The van der Waals surface area contributed by atoms with Crippen LogP contribution in [-0.4, -0.2) is 22.1 Å². The van der Waals surface area contributed by atoms with Gasteiger partial charge in [-0.1, -0.05) is 73.1 Å². The SMILES string of the molecule is CCCCOc1ccccc1[C@@H]1CC(=O)Nc2c1c(=O)nc(SCc1cccc(C)c1)n2C. The molecule has 2 heterocycles. The molecule has 0 bridgehead atoms. The van der Waals surface area contributed by atoms with E-state index in [9.17, 15) is 9.59 Å². The van der Waals surface area contributed by atoms with E-state index in [1.165, 1.54) is 17.3 Å². The molecule has 0 radical (unpaired) electrons. The zero-order valence-electron chi connectivity index (χ0n) is 19.3. The second-order valence-corrected chi connectivity index (χ2v) is 9.29. The molecule has 0 fully saturated rings. The Morgan fingerprint density at radius 3 is 2.79 bits per heavy atom. The summed E-state index contributed by atoms with van der Waals surface area (Å²) in [5.74, 6) is 1.41. The van der Waals surface area contributed by atoms with Crippen LogP contribution in [0.15, 0.2) is 58.5 Å². The molecule has 7 heteroatoms. The molecule has 3 aromatic rings. The highest BCUT2D eigenvalue weighted by Gasteiger charge is 2.33. The number of anilines is 1. The van der Waals surface area contributed by atoms with Gasteiger partial charge in [-0.3, -0.25) is 9.59 Å². The zero-order valence-corrected chi connectivity index (χ0v) is 20.1. The number of fused-ring (bicyclic) bond motifs is 1. The molecule has 1 amide bonds. The first-order chi connectivity index (χ1) is 16.0. The maximum Gasteiger partial charge on any atom is 0.279 e. The Balaban J connectivity index is 1.69. The number of carbonyl (C=O) groups is 1. The Bertz CT molecular complexity index is 1220. The van der Waals surface area contributed by atoms with Gasteiger partial charge in [0.25, 0.3) is 5.56 Å². The number of rotatable bonds is 8. The molecule has 0 saturated carbocycles. The van der Waals surface area contributed by atoms with Crippen LogP contribution in [-0.2, 0) is 17.6 Å². The van der Waals surface area contributed by atoms with Gasteiger partial charge < -0.3 is 14.6 Å². The minimum Gasteiger partial charge on any atom is -0.493 e. The smallest absolute Gasteiger partial charge is 0.279 e. The van der Waals surface area contributed by atoms with Gasteiger partial charge in [-0.15, -0.1) is 0 Å². The number of amides is 1. The summed E-state index contributed by atoms with van der Waals surface area (Å²) in [4.78, 5) is 30.3. The minimum absolute atomic E-state index is 0.119. The van der Waals surface area contributed by atoms with Gasteiger partial charge in [0, 0.05) is 30.7 Å². The molecule has 1 aromatic heterocycles. The van der Waals surface area contributed by atoms with Crippen LogP contribution >= 0.6 is 11.8 Å². The van der Waals surface area contributed by atoms with Crippen LogP contribution in [0.2, 0.25) is 0 Å². The number of aryl methyl sites for hydroxylation is 1. The molecule has 1 aliphatic rings. The second kappa shape index (κ2) is 10.3. The fourth-order valence-corrected chi connectivity index (χ4v) is 5.01. The number of hydrogen-bond acceptors (Lipinski definition) is 5. The van der Waals surface area contributed by atoms with Gasteiger partial charge in [-0.25, -0.2) is 0 Å². The second-order valence-electron chi connectivity index (χ2n) is 8.34. The van der Waals surface area contributed by atoms with E-state index in [0.717, 1.165) is 29.7 Å². The van der Waals surface area contributed by atoms with Crippen molar-refractivity contribution < 1.29 is 9.53 Å². The molecule has 0 aliphatic carbocycles. The van der Waals surface area contributed by atoms with E-state index in [4.69, 9.17) is 4.74 Å². The quantitative estimate of drug-likeness (QED) is 0.288. The van der Waals surface area contributed by atoms with E-state index in [1.807, 2.05) is 41.9 Å². The van der Waals surface area contributed by atoms with Crippen molar-refractivity contribution in [2.75, 3.05) is 11.9 Å². The number of nitrogens with one attached hydrogen (secondary N) is 1. The largest absolute Gasteiger partial charge is 0.493 e. The number of benzene rings is 2. The highest BCUT2D eigenvalue weighted by atomic mass is 32.2. The van der Waals surface area contributed by atoms with Crippen LogP contribution in [0.25, 0.3) is 0 Å². The fraction of sp³-hybridized carbons (Fsp3) is 0.346. The van der Waals surface area contributed by atoms with E-state index in [0.29, 0.717) is 28.9 Å². The van der Waals surface area contributed by atoms with Gasteiger partial charge in [-0.2, -0.15) is 4.98 Å². The lowest BCUT2D eigenvalue weighted by Crippen LogP contribution is -2.33. The summed E-state index contributed by atoms with van der Waals surface area (Å²) >= 11 is 1.49. The van der Waals surface area contributed by atoms with Crippen molar-refractivity contribution in [1.29, 1.82) is 0 Å². The Morgan fingerprint density at radius 1 is 1.18 bits per heavy atom. The maximum absolute atomic E-state index is 13.2. The van der Waals surface area contributed by atoms with Crippen molar-refractivity contribution in [3.05, 3.63) is 81.1 Å². The first-order valence-corrected chi connectivity index (χ1v) is 12.3. The molecule has 1 N–H and O–H groups in total. The Hall–Kier alpha value is -3.06. The predicted molar refractivity (Wildman–Crippen MR) is 132 cm³/mol. The van der Waals surface area contributed by atoms with E-state index in [2.05, 4.69) is 42.3 Å². The minimum atomic E-state index is -0.395. The van der Waals surface area contributed by atoms with E-state index in [-0.39, 0.29) is 17.9 Å². The molecule has 1 aliphatic heterocycles. The summed E-state index contributed by atoms with van der Waals surface area (Å²) in [6, 6.07) is 15.9. The van der Waals surface area contributed by atoms with Gasteiger partial charge in [0.15, 0.2) is 5.16 Å². The summed E-state index contributed by atoms with van der Waals surface area (Å²) < 4.78 is 7.83. The zero-order chi connectivity index (χ0) is 23.4. The summed E-state index contributed by atoms with van der Waals surface area (Å²) in [7, 11) is 1.84. The van der Waals surface area contributed by atoms with Crippen molar-refractivity contribution in [2.45, 2.75) is 49.9 Å². The molecule has 0 saturated heterocycles. The average Bonchev–Trinajstić information content (AvgIpc) is 2.80. The van der Waals surface area contributed by atoms with Crippen LogP contribution in [0.5, 0.6) is 5.75 Å². The van der Waals surface area contributed by atoms with E-state index in [1.54, 1.807) is 0 Å². The lowest BCUT2D eigenvalue weighted by molar-refractivity contribution is -0.116. The molecular weight excluding hydrogens is 434 g/mol. The maximum atomic E-state index is 13.2. The number of ether oxygens (including phenoxy) is 1. The van der Waals surface area contributed by atoms with Crippen molar-refractivity contribution in [3.8, 4) is 5.75 Å². The Labute approximate surface area is 198 Å². The number of aromatic nitrogens is 2. The summed E-state index contributed by atoms with van der Waals surface area (Å²) in [6.45, 7) is 4.77. The lowest BCUT2D eigenvalue weighted by atomic mass is 9.86. The molecule has 2 aromatic carbocycles. The summed E-state index contributed by atoms with van der Waals surface area (Å²) in [5, 5.41) is 3.50. The number of hydrogen-bond donors (Lipinski definition) is 1. The van der Waals surface area contributed by atoms with Crippen molar-refractivity contribution in [3.63, 3.8) is 0 Å². The summed E-state index contributed by atoms with van der Waals surface area (Å²) in [5.41, 5.74) is 3.41. The molecular formula is C26H29N3O3S. The standard InChI is InChI=1S/C26H29N3O3S/c1-4-5-13-32-21-12-7-6-11-19(21)20-15-22(30)27-24-23(20)25(31)28-26(29(24)3)33-16-18-10-8-9-17(2)14-18/h6-12,14,20H,4-5,13,15-16H2,1-3H3,(H,27,30)/t20-/m0/s1. The molecule has 4 rings (SSSR count). The van der Waals surface area contributed by atoms with Crippen LogP contribution in [0.3, 0.4) is 0 Å². The Kier molecular flexibility index (Phi) is 7.18. The van der Waals surface area contributed by atoms with Crippen molar-refractivity contribution >= 4 is 23.5 Å². The lowest BCUT2D eigenvalue weighted by Gasteiger charge is -2.28. The number of unbranched alkanes of at least 4 members (excludes halogenated alkanes) is 1.